The second-order valence-corrected chi connectivity index (χ2v) is 8.36. The lowest BCUT2D eigenvalue weighted by atomic mass is 10.0. The van der Waals surface area contributed by atoms with Gasteiger partial charge in [-0.3, -0.25) is 9.59 Å². The maximum Gasteiger partial charge on any atom is 0.259 e. The normalized spacial score (nSPS) is 16.3. The van der Waals surface area contributed by atoms with E-state index in [9.17, 15) is 9.59 Å². The minimum absolute atomic E-state index is 0.0419. The third-order valence-electron chi connectivity index (χ3n) is 5.17. The Morgan fingerprint density at radius 2 is 2.08 bits per heavy atom. The van der Waals surface area contributed by atoms with Crippen molar-refractivity contribution in [3.8, 4) is 0 Å². The Bertz CT molecular complexity index is 834. The first-order chi connectivity index (χ1) is 12.5. The summed E-state index contributed by atoms with van der Waals surface area (Å²) < 4.78 is 0. The van der Waals surface area contributed by atoms with Gasteiger partial charge in [-0.25, -0.2) is 4.98 Å². The lowest BCUT2D eigenvalue weighted by Gasteiger charge is -2.32. The van der Waals surface area contributed by atoms with Gasteiger partial charge in [0.25, 0.3) is 5.56 Å². The SMILES string of the molecule is CCCN1CCC(NC(=O)CCc2nc3sc(C)c(C)c3c(=O)[nH]2)CC1. The second kappa shape index (κ2) is 8.31. The number of aryl methyl sites for hydroxylation is 3. The van der Waals surface area contributed by atoms with Gasteiger partial charge in [0.05, 0.1) is 5.39 Å². The molecular formula is C19H28N4O2S. The van der Waals surface area contributed by atoms with Crippen LogP contribution in [0.5, 0.6) is 0 Å². The molecule has 3 heterocycles. The van der Waals surface area contributed by atoms with Crippen LogP contribution in [0.4, 0.5) is 0 Å². The van der Waals surface area contributed by atoms with E-state index in [-0.39, 0.29) is 17.5 Å². The fraction of sp³-hybridized carbons (Fsp3) is 0.632. The Morgan fingerprint density at radius 3 is 2.77 bits per heavy atom. The Balaban J connectivity index is 1.53. The van der Waals surface area contributed by atoms with E-state index in [0.29, 0.717) is 24.1 Å². The highest BCUT2D eigenvalue weighted by molar-refractivity contribution is 7.18. The van der Waals surface area contributed by atoms with Crippen LogP contribution in [0.2, 0.25) is 0 Å². The van der Waals surface area contributed by atoms with Crippen LogP contribution in [0.15, 0.2) is 4.79 Å². The van der Waals surface area contributed by atoms with Gasteiger partial charge < -0.3 is 15.2 Å². The number of carbonyl (C=O) groups is 1. The molecule has 2 aromatic heterocycles. The average molecular weight is 377 g/mol. The molecule has 0 aromatic carbocycles. The van der Waals surface area contributed by atoms with Gasteiger partial charge >= 0.3 is 0 Å². The Hall–Kier alpha value is -1.73. The van der Waals surface area contributed by atoms with Crippen molar-refractivity contribution in [2.45, 2.75) is 58.9 Å². The molecule has 1 amide bonds. The molecule has 0 unspecified atom stereocenters. The zero-order valence-corrected chi connectivity index (χ0v) is 16.7. The molecule has 1 fully saturated rings. The van der Waals surface area contributed by atoms with Crippen LogP contribution in [0.1, 0.15) is 48.9 Å². The van der Waals surface area contributed by atoms with Crippen LogP contribution in [0.25, 0.3) is 10.2 Å². The lowest BCUT2D eigenvalue weighted by Crippen LogP contribution is -2.44. The van der Waals surface area contributed by atoms with Gasteiger partial charge in [-0.2, -0.15) is 0 Å². The number of aromatic amines is 1. The van der Waals surface area contributed by atoms with Gasteiger partial charge in [0.15, 0.2) is 0 Å². The number of amides is 1. The molecule has 3 rings (SSSR count). The third kappa shape index (κ3) is 4.32. The van der Waals surface area contributed by atoms with Gasteiger partial charge in [0.1, 0.15) is 10.7 Å². The number of likely N-dealkylation sites (tertiary alicyclic amines) is 1. The number of nitrogens with zero attached hydrogens (tertiary/aromatic N) is 2. The number of rotatable bonds is 6. The number of thiophene rings is 1. The predicted molar refractivity (Wildman–Crippen MR) is 106 cm³/mol. The maximum absolute atomic E-state index is 12.3. The van der Waals surface area contributed by atoms with Crippen LogP contribution in [0, 0.1) is 13.8 Å². The monoisotopic (exact) mass is 376 g/mol. The van der Waals surface area contributed by atoms with Crippen molar-refractivity contribution in [2.75, 3.05) is 19.6 Å². The smallest absolute Gasteiger partial charge is 0.259 e. The molecular weight excluding hydrogens is 348 g/mol. The molecule has 0 radical (unpaired) electrons. The summed E-state index contributed by atoms with van der Waals surface area (Å²) in [5.74, 6) is 0.636. The number of H-pyrrole nitrogens is 1. The Kier molecular flexibility index (Phi) is 6.09. The number of hydrogen-bond donors (Lipinski definition) is 2. The van der Waals surface area contributed by atoms with E-state index in [4.69, 9.17) is 0 Å². The molecule has 0 spiro atoms. The summed E-state index contributed by atoms with van der Waals surface area (Å²) in [5, 5.41) is 3.81. The van der Waals surface area contributed by atoms with Gasteiger partial charge in [0.2, 0.25) is 5.91 Å². The molecule has 142 valence electrons. The van der Waals surface area contributed by atoms with Crippen LogP contribution in [0.3, 0.4) is 0 Å². The molecule has 1 saturated heterocycles. The highest BCUT2D eigenvalue weighted by atomic mass is 32.1. The molecule has 26 heavy (non-hydrogen) atoms. The number of piperidine rings is 1. The summed E-state index contributed by atoms with van der Waals surface area (Å²) in [6.07, 6.45) is 4.02. The number of carbonyl (C=O) groups excluding carboxylic acids is 1. The topological polar surface area (TPSA) is 78.1 Å². The van der Waals surface area contributed by atoms with Crippen molar-refractivity contribution < 1.29 is 4.79 Å². The number of fused-ring (bicyclic) bond motifs is 1. The van der Waals surface area contributed by atoms with Gasteiger partial charge in [-0.05, 0) is 45.2 Å². The molecule has 7 heteroatoms. The highest BCUT2D eigenvalue weighted by Gasteiger charge is 2.20. The predicted octanol–water partition coefficient (Wildman–Crippen LogP) is 2.52. The molecule has 1 aliphatic rings. The average Bonchev–Trinajstić information content (AvgIpc) is 2.90. The van der Waals surface area contributed by atoms with Crippen LogP contribution in [-0.4, -0.2) is 46.5 Å². The van der Waals surface area contributed by atoms with Gasteiger partial charge in [-0.1, -0.05) is 6.92 Å². The largest absolute Gasteiger partial charge is 0.353 e. The summed E-state index contributed by atoms with van der Waals surface area (Å²) in [6.45, 7) is 9.40. The quantitative estimate of drug-likeness (QED) is 0.812. The standard InChI is InChI=1S/C19H28N4O2S/c1-4-9-23-10-7-14(8-11-23)20-16(24)6-5-15-21-18(25)17-12(2)13(3)26-19(17)22-15/h14H,4-11H2,1-3H3,(H,20,24)(H,21,22,25). The van der Waals surface area contributed by atoms with Crippen LogP contribution < -0.4 is 10.9 Å². The van der Waals surface area contributed by atoms with Crippen molar-refractivity contribution in [1.29, 1.82) is 0 Å². The summed E-state index contributed by atoms with van der Waals surface area (Å²) in [5.41, 5.74) is 0.896. The first-order valence-electron chi connectivity index (χ1n) is 9.48. The van der Waals surface area contributed by atoms with Crippen LogP contribution in [-0.2, 0) is 11.2 Å². The Labute approximate surface area is 158 Å². The molecule has 0 atom stereocenters. The second-order valence-electron chi connectivity index (χ2n) is 7.16. The van der Waals surface area contributed by atoms with E-state index in [2.05, 4.69) is 27.1 Å². The minimum atomic E-state index is -0.101. The van der Waals surface area contributed by atoms with Crippen molar-refractivity contribution >= 4 is 27.5 Å². The molecule has 6 nitrogen and oxygen atoms in total. The number of nitrogens with one attached hydrogen (secondary N) is 2. The summed E-state index contributed by atoms with van der Waals surface area (Å²) >= 11 is 1.54. The Morgan fingerprint density at radius 1 is 1.35 bits per heavy atom. The third-order valence-corrected chi connectivity index (χ3v) is 6.27. The van der Waals surface area contributed by atoms with Gasteiger partial charge in [-0.15, -0.1) is 11.3 Å². The molecule has 2 aromatic rings. The van der Waals surface area contributed by atoms with E-state index >= 15 is 0 Å². The van der Waals surface area contributed by atoms with E-state index in [1.54, 1.807) is 0 Å². The van der Waals surface area contributed by atoms with Crippen molar-refractivity contribution in [3.05, 3.63) is 26.6 Å². The molecule has 0 aliphatic carbocycles. The molecule has 1 aliphatic heterocycles. The summed E-state index contributed by atoms with van der Waals surface area (Å²) in [4.78, 5) is 36.3. The van der Waals surface area contributed by atoms with Crippen molar-refractivity contribution in [3.63, 3.8) is 0 Å². The van der Waals surface area contributed by atoms with Crippen molar-refractivity contribution in [2.24, 2.45) is 0 Å². The molecule has 2 N–H and O–H groups in total. The zero-order valence-electron chi connectivity index (χ0n) is 15.9. The first kappa shape index (κ1) is 19.0. The van der Waals surface area contributed by atoms with Crippen molar-refractivity contribution in [1.82, 2.24) is 20.2 Å². The first-order valence-corrected chi connectivity index (χ1v) is 10.3. The number of aromatic nitrogens is 2. The van der Waals surface area contributed by atoms with E-state index < -0.39 is 0 Å². The van der Waals surface area contributed by atoms with Gasteiger partial charge in [0, 0.05) is 36.9 Å². The molecule has 0 bridgehead atoms. The van der Waals surface area contributed by atoms with E-state index in [0.717, 1.165) is 47.7 Å². The fourth-order valence-electron chi connectivity index (χ4n) is 3.57. The number of hydrogen-bond acceptors (Lipinski definition) is 5. The maximum atomic E-state index is 12.3. The fourth-order valence-corrected chi connectivity index (χ4v) is 4.62. The lowest BCUT2D eigenvalue weighted by molar-refractivity contribution is -0.122. The summed E-state index contributed by atoms with van der Waals surface area (Å²) in [7, 11) is 0. The van der Waals surface area contributed by atoms with E-state index in [1.807, 2.05) is 13.8 Å². The summed E-state index contributed by atoms with van der Waals surface area (Å²) in [6, 6.07) is 0.271. The highest BCUT2D eigenvalue weighted by Crippen LogP contribution is 2.25. The van der Waals surface area contributed by atoms with E-state index in [1.165, 1.54) is 17.8 Å². The minimum Gasteiger partial charge on any atom is -0.353 e. The molecule has 0 saturated carbocycles. The van der Waals surface area contributed by atoms with Crippen LogP contribution >= 0.6 is 11.3 Å². The zero-order chi connectivity index (χ0) is 18.7.